The third-order valence-electron chi connectivity index (χ3n) is 2.11. The van der Waals surface area contributed by atoms with Gasteiger partial charge in [0.05, 0.1) is 0 Å². The van der Waals surface area contributed by atoms with E-state index in [0.29, 0.717) is 0 Å². The first-order valence-corrected chi connectivity index (χ1v) is 4.76. The predicted molar refractivity (Wildman–Crippen MR) is 59.7 cm³/mol. The summed E-state index contributed by atoms with van der Waals surface area (Å²) >= 11 is 0. The van der Waals surface area contributed by atoms with Gasteiger partial charge in [-0.2, -0.15) is 0 Å². The van der Waals surface area contributed by atoms with Crippen LogP contribution in [0.2, 0.25) is 0 Å². The van der Waals surface area contributed by atoms with E-state index in [1.807, 2.05) is 24.3 Å². The van der Waals surface area contributed by atoms with E-state index in [0.717, 1.165) is 12.2 Å². The Hall–Kier alpha value is -2.03. The summed E-state index contributed by atoms with van der Waals surface area (Å²) in [6.07, 6.45) is 3.54. The first-order chi connectivity index (χ1) is 7.34. The first-order valence-electron chi connectivity index (χ1n) is 4.76. The molecular weight excluding hydrogens is 188 g/mol. The number of rotatable bonds is 3. The van der Waals surface area contributed by atoms with Crippen LogP contribution in [0.4, 0.5) is 5.69 Å². The van der Waals surface area contributed by atoms with Crippen LogP contribution in [0.5, 0.6) is 5.75 Å². The standard InChI is InChI=1S/C12H12N2O/c15-12-3-1-11(2-4-12)14-9-10-5-7-13-8-6-10/h1-8,14-15H,9H2. The highest BCUT2D eigenvalue weighted by atomic mass is 16.3. The molecule has 2 N–H and O–H groups in total. The smallest absolute Gasteiger partial charge is 0.115 e. The summed E-state index contributed by atoms with van der Waals surface area (Å²) in [5.74, 6) is 0.282. The van der Waals surface area contributed by atoms with E-state index in [1.54, 1.807) is 24.5 Å². The zero-order valence-corrected chi connectivity index (χ0v) is 8.22. The van der Waals surface area contributed by atoms with Gasteiger partial charge in [-0.1, -0.05) is 0 Å². The number of hydrogen-bond acceptors (Lipinski definition) is 3. The first kappa shape index (κ1) is 9.52. The van der Waals surface area contributed by atoms with Crippen LogP contribution in [0.15, 0.2) is 48.8 Å². The third-order valence-corrected chi connectivity index (χ3v) is 2.11. The molecule has 3 nitrogen and oxygen atoms in total. The second-order valence-electron chi connectivity index (χ2n) is 3.26. The van der Waals surface area contributed by atoms with Crippen molar-refractivity contribution < 1.29 is 5.11 Å². The van der Waals surface area contributed by atoms with Gasteiger partial charge in [0.1, 0.15) is 5.75 Å². The molecule has 0 saturated heterocycles. The van der Waals surface area contributed by atoms with E-state index in [1.165, 1.54) is 5.56 Å². The number of benzene rings is 1. The number of phenolic OH excluding ortho intramolecular Hbond substituents is 1. The van der Waals surface area contributed by atoms with Gasteiger partial charge in [-0.05, 0) is 42.0 Å². The van der Waals surface area contributed by atoms with Gasteiger partial charge in [0.15, 0.2) is 0 Å². The van der Waals surface area contributed by atoms with E-state index in [9.17, 15) is 0 Å². The molecule has 0 atom stereocenters. The summed E-state index contributed by atoms with van der Waals surface area (Å²) < 4.78 is 0. The van der Waals surface area contributed by atoms with E-state index in [4.69, 9.17) is 5.11 Å². The van der Waals surface area contributed by atoms with Crippen LogP contribution in [-0.2, 0) is 6.54 Å². The Labute approximate surface area is 88.4 Å². The number of pyridine rings is 1. The van der Waals surface area contributed by atoms with Gasteiger partial charge in [-0.3, -0.25) is 4.98 Å². The minimum atomic E-state index is 0.282. The molecule has 0 saturated carbocycles. The number of hydrogen-bond donors (Lipinski definition) is 2. The fourth-order valence-corrected chi connectivity index (χ4v) is 1.28. The lowest BCUT2D eigenvalue weighted by molar-refractivity contribution is 0.475. The fraction of sp³-hybridized carbons (Fsp3) is 0.0833. The highest BCUT2D eigenvalue weighted by Crippen LogP contribution is 2.14. The van der Waals surface area contributed by atoms with Crippen molar-refractivity contribution in [2.24, 2.45) is 0 Å². The average molecular weight is 200 g/mol. The molecule has 2 rings (SSSR count). The minimum Gasteiger partial charge on any atom is -0.508 e. The van der Waals surface area contributed by atoms with Crippen LogP contribution in [0.3, 0.4) is 0 Å². The van der Waals surface area contributed by atoms with Crippen LogP contribution in [0.25, 0.3) is 0 Å². The molecule has 2 aromatic rings. The molecule has 0 radical (unpaired) electrons. The molecule has 76 valence electrons. The monoisotopic (exact) mass is 200 g/mol. The normalized spacial score (nSPS) is 9.87. The number of aromatic nitrogens is 1. The fourth-order valence-electron chi connectivity index (χ4n) is 1.28. The lowest BCUT2D eigenvalue weighted by atomic mass is 10.2. The van der Waals surface area contributed by atoms with Crippen molar-refractivity contribution in [3.63, 3.8) is 0 Å². The Balaban J connectivity index is 1.96. The van der Waals surface area contributed by atoms with Crippen LogP contribution in [0, 0.1) is 0 Å². The summed E-state index contributed by atoms with van der Waals surface area (Å²) in [7, 11) is 0. The largest absolute Gasteiger partial charge is 0.508 e. The second-order valence-corrected chi connectivity index (χ2v) is 3.26. The number of phenols is 1. The molecule has 0 unspecified atom stereocenters. The summed E-state index contributed by atoms with van der Waals surface area (Å²) in [5.41, 5.74) is 2.17. The third kappa shape index (κ3) is 2.71. The van der Waals surface area contributed by atoms with Crippen molar-refractivity contribution in [3.8, 4) is 5.75 Å². The van der Waals surface area contributed by atoms with Gasteiger partial charge < -0.3 is 10.4 Å². The Morgan fingerprint density at radius 2 is 1.67 bits per heavy atom. The van der Waals surface area contributed by atoms with Crippen LogP contribution < -0.4 is 5.32 Å². The van der Waals surface area contributed by atoms with Crippen molar-refractivity contribution in [1.29, 1.82) is 0 Å². The van der Waals surface area contributed by atoms with Crippen molar-refractivity contribution in [3.05, 3.63) is 54.4 Å². The van der Waals surface area contributed by atoms with Crippen LogP contribution >= 0.6 is 0 Å². The molecule has 0 aliphatic heterocycles. The van der Waals surface area contributed by atoms with E-state index < -0.39 is 0 Å². The Kier molecular flexibility index (Phi) is 2.83. The van der Waals surface area contributed by atoms with Gasteiger partial charge in [0.25, 0.3) is 0 Å². The topological polar surface area (TPSA) is 45.1 Å². The molecule has 0 aliphatic carbocycles. The highest BCUT2D eigenvalue weighted by molar-refractivity contribution is 5.46. The number of nitrogens with zero attached hydrogens (tertiary/aromatic N) is 1. The molecule has 1 aromatic carbocycles. The Morgan fingerprint density at radius 3 is 2.33 bits per heavy atom. The van der Waals surface area contributed by atoms with Crippen molar-refractivity contribution in [1.82, 2.24) is 4.98 Å². The Bertz CT molecular complexity index is 411. The molecule has 0 bridgehead atoms. The molecule has 0 aliphatic rings. The van der Waals surface area contributed by atoms with Crippen molar-refractivity contribution >= 4 is 5.69 Å². The van der Waals surface area contributed by atoms with Crippen LogP contribution in [-0.4, -0.2) is 10.1 Å². The molecular formula is C12H12N2O. The van der Waals surface area contributed by atoms with E-state index >= 15 is 0 Å². The maximum Gasteiger partial charge on any atom is 0.115 e. The number of anilines is 1. The van der Waals surface area contributed by atoms with Crippen molar-refractivity contribution in [2.45, 2.75) is 6.54 Å². The van der Waals surface area contributed by atoms with Gasteiger partial charge in [0.2, 0.25) is 0 Å². The lowest BCUT2D eigenvalue weighted by Crippen LogP contribution is -1.98. The Morgan fingerprint density at radius 1 is 1.00 bits per heavy atom. The second kappa shape index (κ2) is 4.46. The molecule has 0 spiro atoms. The SMILES string of the molecule is Oc1ccc(NCc2ccncc2)cc1. The van der Waals surface area contributed by atoms with Gasteiger partial charge >= 0.3 is 0 Å². The lowest BCUT2D eigenvalue weighted by Gasteiger charge is -2.05. The summed E-state index contributed by atoms with van der Waals surface area (Å²) in [5, 5.41) is 12.4. The number of aromatic hydroxyl groups is 1. The predicted octanol–water partition coefficient (Wildman–Crippen LogP) is 2.40. The molecule has 15 heavy (non-hydrogen) atoms. The quantitative estimate of drug-likeness (QED) is 0.748. The maximum atomic E-state index is 9.11. The van der Waals surface area contributed by atoms with E-state index in [2.05, 4.69) is 10.3 Å². The van der Waals surface area contributed by atoms with Gasteiger partial charge in [-0.25, -0.2) is 0 Å². The number of nitrogens with one attached hydrogen (secondary N) is 1. The van der Waals surface area contributed by atoms with Crippen molar-refractivity contribution in [2.75, 3.05) is 5.32 Å². The molecule has 1 aromatic heterocycles. The highest BCUT2D eigenvalue weighted by Gasteiger charge is 1.93. The molecule has 1 heterocycles. The average Bonchev–Trinajstić information content (AvgIpc) is 2.30. The summed E-state index contributed by atoms with van der Waals surface area (Å²) in [4.78, 5) is 3.95. The summed E-state index contributed by atoms with van der Waals surface area (Å²) in [6.45, 7) is 0.757. The summed E-state index contributed by atoms with van der Waals surface area (Å²) in [6, 6.07) is 10.9. The van der Waals surface area contributed by atoms with E-state index in [-0.39, 0.29) is 5.75 Å². The molecule has 0 amide bonds. The van der Waals surface area contributed by atoms with Gasteiger partial charge in [0, 0.05) is 24.6 Å². The van der Waals surface area contributed by atoms with Gasteiger partial charge in [-0.15, -0.1) is 0 Å². The zero-order valence-electron chi connectivity index (χ0n) is 8.22. The van der Waals surface area contributed by atoms with Crippen LogP contribution in [0.1, 0.15) is 5.56 Å². The molecule has 3 heteroatoms. The minimum absolute atomic E-state index is 0.282. The maximum absolute atomic E-state index is 9.11. The molecule has 0 fully saturated rings. The zero-order chi connectivity index (χ0) is 10.5.